The maximum absolute atomic E-state index is 5.68. The fourth-order valence-electron chi connectivity index (χ4n) is 2.12. The molecule has 2 heterocycles. The third-order valence-corrected chi connectivity index (χ3v) is 5.25. The van der Waals surface area contributed by atoms with E-state index in [0.717, 1.165) is 22.8 Å². The van der Waals surface area contributed by atoms with Crippen LogP contribution in [0.1, 0.15) is 11.3 Å². The normalized spacial score (nSPS) is 12.9. The Bertz CT molecular complexity index is 673. The van der Waals surface area contributed by atoms with Crippen LogP contribution in [0.25, 0.3) is 4.96 Å². The number of thioether (sulfide) groups is 1. The van der Waals surface area contributed by atoms with E-state index in [9.17, 15) is 0 Å². The van der Waals surface area contributed by atoms with Crippen LogP contribution in [0.4, 0.5) is 0 Å². The Labute approximate surface area is 132 Å². The molecule has 3 N–H and O–H groups in total. The lowest BCUT2D eigenvalue weighted by Crippen LogP contribution is -2.38. The molecule has 0 saturated carbocycles. The number of hydrogen-bond acceptors (Lipinski definition) is 5. The lowest BCUT2D eigenvalue weighted by atomic mass is 10.2. The molecule has 2 aromatic heterocycles. The second-order valence-electron chi connectivity index (χ2n) is 5.02. The molecule has 3 aromatic rings. The molecular weight excluding hydrogens is 300 g/mol. The van der Waals surface area contributed by atoms with Crippen LogP contribution in [0, 0.1) is 6.92 Å². The molecule has 0 amide bonds. The number of hydrazine groups is 1. The highest BCUT2D eigenvalue weighted by molar-refractivity contribution is 7.99. The van der Waals surface area contributed by atoms with E-state index >= 15 is 0 Å². The molecule has 0 bridgehead atoms. The molecule has 3 rings (SSSR count). The summed E-state index contributed by atoms with van der Waals surface area (Å²) >= 11 is 3.46. The zero-order chi connectivity index (χ0) is 14.7. The summed E-state index contributed by atoms with van der Waals surface area (Å²) in [5, 5.41) is 2.04. The highest BCUT2D eigenvalue weighted by atomic mass is 32.2. The molecule has 110 valence electrons. The van der Waals surface area contributed by atoms with E-state index in [1.54, 1.807) is 11.3 Å². The van der Waals surface area contributed by atoms with Gasteiger partial charge in [-0.1, -0.05) is 17.7 Å². The molecule has 1 aromatic carbocycles. The van der Waals surface area contributed by atoms with Crippen molar-refractivity contribution in [2.75, 3.05) is 5.75 Å². The van der Waals surface area contributed by atoms with E-state index in [1.807, 2.05) is 23.3 Å². The summed E-state index contributed by atoms with van der Waals surface area (Å²) in [5.74, 6) is 6.60. The molecule has 0 radical (unpaired) electrons. The molecule has 0 aliphatic carbocycles. The van der Waals surface area contributed by atoms with Crippen molar-refractivity contribution in [3.8, 4) is 0 Å². The zero-order valence-corrected chi connectivity index (χ0v) is 13.5. The first kappa shape index (κ1) is 14.6. The molecule has 0 fully saturated rings. The number of aromatic nitrogens is 2. The van der Waals surface area contributed by atoms with Gasteiger partial charge in [0.25, 0.3) is 0 Å². The van der Waals surface area contributed by atoms with Crippen LogP contribution in [0.3, 0.4) is 0 Å². The molecule has 0 saturated heterocycles. The molecule has 0 aliphatic heterocycles. The summed E-state index contributed by atoms with van der Waals surface area (Å²) in [5.41, 5.74) is 5.26. The maximum Gasteiger partial charge on any atom is 0.193 e. The third kappa shape index (κ3) is 3.65. The highest BCUT2D eigenvalue weighted by Crippen LogP contribution is 2.20. The van der Waals surface area contributed by atoms with Gasteiger partial charge in [-0.2, -0.15) is 0 Å². The minimum absolute atomic E-state index is 0.209. The summed E-state index contributed by atoms with van der Waals surface area (Å²) in [7, 11) is 0. The molecular formula is C15H18N4S2. The molecule has 21 heavy (non-hydrogen) atoms. The number of nitrogens with zero attached hydrogens (tertiary/aromatic N) is 2. The molecule has 0 aliphatic rings. The Morgan fingerprint density at radius 1 is 1.38 bits per heavy atom. The molecule has 1 unspecified atom stereocenters. The average Bonchev–Trinajstić information content (AvgIpc) is 3.06. The number of nitrogens with one attached hydrogen (secondary N) is 1. The fourth-order valence-corrected chi connectivity index (χ4v) is 3.78. The van der Waals surface area contributed by atoms with Crippen LogP contribution in [0.2, 0.25) is 0 Å². The van der Waals surface area contributed by atoms with Gasteiger partial charge in [0.2, 0.25) is 0 Å². The lowest BCUT2D eigenvalue weighted by molar-refractivity contribution is 0.570. The van der Waals surface area contributed by atoms with Crippen LogP contribution < -0.4 is 11.3 Å². The first-order valence-corrected chi connectivity index (χ1v) is 8.68. The van der Waals surface area contributed by atoms with Crippen LogP contribution in [0.15, 0.2) is 46.9 Å². The van der Waals surface area contributed by atoms with E-state index in [1.165, 1.54) is 10.5 Å². The second kappa shape index (κ2) is 6.62. The summed E-state index contributed by atoms with van der Waals surface area (Å²) in [6.07, 6.45) is 4.94. The Balaban J connectivity index is 1.59. The molecule has 4 nitrogen and oxygen atoms in total. The lowest BCUT2D eigenvalue weighted by Gasteiger charge is -2.14. The quantitative estimate of drug-likeness (QED) is 0.417. The van der Waals surface area contributed by atoms with Gasteiger partial charge in [-0.15, -0.1) is 23.1 Å². The highest BCUT2D eigenvalue weighted by Gasteiger charge is 2.11. The van der Waals surface area contributed by atoms with Crippen LogP contribution in [-0.2, 0) is 6.42 Å². The van der Waals surface area contributed by atoms with Crippen LogP contribution in [-0.4, -0.2) is 21.2 Å². The first-order chi connectivity index (χ1) is 10.2. The molecule has 6 heteroatoms. The Morgan fingerprint density at radius 2 is 2.19 bits per heavy atom. The molecule has 1 atom stereocenters. The fraction of sp³-hybridized carbons (Fsp3) is 0.267. The number of fused-ring (bicyclic) bond motifs is 1. The van der Waals surface area contributed by atoms with E-state index in [0.29, 0.717) is 0 Å². The Morgan fingerprint density at radius 3 is 2.90 bits per heavy atom. The molecule has 0 spiro atoms. The van der Waals surface area contributed by atoms with Crippen molar-refractivity contribution < 1.29 is 0 Å². The average molecular weight is 318 g/mol. The van der Waals surface area contributed by atoms with Gasteiger partial charge < -0.3 is 0 Å². The number of hydrogen-bond donors (Lipinski definition) is 2. The number of benzene rings is 1. The topological polar surface area (TPSA) is 55.3 Å². The minimum Gasteiger partial charge on any atom is -0.297 e. The number of rotatable bonds is 6. The van der Waals surface area contributed by atoms with Crippen molar-refractivity contribution in [3.63, 3.8) is 0 Å². The van der Waals surface area contributed by atoms with Crippen molar-refractivity contribution in [1.29, 1.82) is 0 Å². The summed E-state index contributed by atoms with van der Waals surface area (Å²) in [4.78, 5) is 6.91. The van der Waals surface area contributed by atoms with Gasteiger partial charge in [0, 0.05) is 40.9 Å². The summed E-state index contributed by atoms with van der Waals surface area (Å²) in [6, 6.07) is 8.79. The SMILES string of the molecule is Cc1ccc(SCC(Cc2cn3ccsc3n2)NN)cc1. The van der Waals surface area contributed by atoms with Gasteiger partial charge in [-0.05, 0) is 19.1 Å². The maximum atomic E-state index is 5.68. The summed E-state index contributed by atoms with van der Waals surface area (Å²) in [6.45, 7) is 2.10. The van der Waals surface area contributed by atoms with E-state index < -0.39 is 0 Å². The van der Waals surface area contributed by atoms with Gasteiger partial charge in [0.15, 0.2) is 4.96 Å². The third-order valence-electron chi connectivity index (χ3n) is 3.31. The van der Waals surface area contributed by atoms with Crippen molar-refractivity contribution >= 4 is 28.1 Å². The van der Waals surface area contributed by atoms with Crippen LogP contribution >= 0.6 is 23.1 Å². The number of nitrogens with two attached hydrogens (primary N) is 1. The zero-order valence-electron chi connectivity index (χ0n) is 11.8. The van der Waals surface area contributed by atoms with Crippen molar-refractivity contribution in [1.82, 2.24) is 14.8 Å². The van der Waals surface area contributed by atoms with Gasteiger partial charge in [0.05, 0.1) is 5.69 Å². The number of imidazole rings is 1. The van der Waals surface area contributed by atoms with Gasteiger partial charge in [0.1, 0.15) is 0 Å². The van der Waals surface area contributed by atoms with Crippen molar-refractivity contribution in [2.24, 2.45) is 5.84 Å². The monoisotopic (exact) mass is 318 g/mol. The van der Waals surface area contributed by atoms with E-state index in [4.69, 9.17) is 5.84 Å². The Hall–Kier alpha value is -1.34. The largest absolute Gasteiger partial charge is 0.297 e. The second-order valence-corrected chi connectivity index (χ2v) is 6.98. The summed E-state index contributed by atoms with van der Waals surface area (Å²) < 4.78 is 2.06. The van der Waals surface area contributed by atoms with Crippen molar-refractivity contribution in [2.45, 2.75) is 24.3 Å². The smallest absolute Gasteiger partial charge is 0.193 e. The van der Waals surface area contributed by atoms with Crippen molar-refractivity contribution in [3.05, 3.63) is 53.3 Å². The predicted molar refractivity (Wildman–Crippen MR) is 89.8 cm³/mol. The standard InChI is InChI=1S/C15H18N4S2/c1-11-2-4-14(5-3-11)21-10-13(18-16)8-12-9-19-6-7-20-15(19)17-12/h2-7,9,13,18H,8,10,16H2,1H3. The number of aryl methyl sites for hydroxylation is 1. The van der Waals surface area contributed by atoms with Gasteiger partial charge in [-0.3, -0.25) is 15.7 Å². The van der Waals surface area contributed by atoms with Gasteiger partial charge in [-0.25, -0.2) is 4.98 Å². The van der Waals surface area contributed by atoms with E-state index in [2.05, 4.69) is 52.2 Å². The predicted octanol–water partition coefficient (Wildman–Crippen LogP) is 2.87. The van der Waals surface area contributed by atoms with Crippen LogP contribution in [0.5, 0.6) is 0 Å². The minimum atomic E-state index is 0.209. The van der Waals surface area contributed by atoms with Gasteiger partial charge >= 0.3 is 0 Å². The Kier molecular flexibility index (Phi) is 4.60. The first-order valence-electron chi connectivity index (χ1n) is 6.81. The number of thiazole rings is 1. The van der Waals surface area contributed by atoms with E-state index in [-0.39, 0.29) is 6.04 Å².